The van der Waals surface area contributed by atoms with E-state index in [0.29, 0.717) is 26.0 Å². The van der Waals surface area contributed by atoms with E-state index >= 15 is 8.78 Å². The molecular weight excluding hydrogens is 609 g/mol. The van der Waals surface area contributed by atoms with Gasteiger partial charge in [-0.25, -0.2) is 22.9 Å². The largest absolute Gasteiger partial charge is 0.461 e. The quantitative estimate of drug-likeness (QED) is 0.276. The number of nitrogens with one attached hydrogen (secondary N) is 2. The van der Waals surface area contributed by atoms with Crippen LogP contribution in [-0.2, 0) is 4.79 Å². The van der Waals surface area contributed by atoms with Crippen LogP contribution in [0.15, 0.2) is 18.2 Å². The predicted octanol–water partition coefficient (Wildman–Crippen LogP) is 4.09. The number of carbonyl (C=O) groups excluding carboxylic acids is 2. The van der Waals surface area contributed by atoms with E-state index in [1.807, 2.05) is 0 Å². The van der Waals surface area contributed by atoms with Gasteiger partial charge in [-0.3, -0.25) is 15.0 Å². The van der Waals surface area contributed by atoms with Crippen molar-refractivity contribution in [2.24, 2.45) is 0 Å². The molecule has 4 fully saturated rings. The number of hydrogen-bond acceptors (Lipinski definition) is 10. The van der Waals surface area contributed by atoms with Gasteiger partial charge in [0.2, 0.25) is 0 Å². The second-order valence-electron chi connectivity index (χ2n) is 12.3. The number of amides is 3. The third-order valence-corrected chi connectivity index (χ3v) is 10.6. The van der Waals surface area contributed by atoms with Gasteiger partial charge in [-0.15, -0.1) is 0 Å². The molecule has 1 unspecified atom stereocenters. The molecule has 4 aromatic rings. The summed E-state index contributed by atoms with van der Waals surface area (Å²) in [6.07, 6.45) is 4.96. The molecule has 1 spiro atoms. The van der Waals surface area contributed by atoms with Crippen molar-refractivity contribution in [2.75, 3.05) is 43.4 Å². The van der Waals surface area contributed by atoms with Crippen LogP contribution < -0.4 is 26.0 Å². The number of ether oxygens (including phenoxy) is 1. The molecule has 2 aromatic carbocycles. The van der Waals surface area contributed by atoms with Crippen LogP contribution in [0.3, 0.4) is 0 Å². The Bertz CT molecular complexity index is 1910. The van der Waals surface area contributed by atoms with Crippen molar-refractivity contribution in [3.63, 3.8) is 0 Å². The Hall–Kier alpha value is -4.24. The molecular formula is C30H29F3N8O3S. The molecule has 0 bridgehead atoms. The maximum Gasteiger partial charge on any atom is 0.322 e. The Morgan fingerprint density at radius 3 is 2.51 bits per heavy atom. The van der Waals surface area contributed by atoms with Crippen molar-refractivity contribution in [3.05, 3.63) is 35.7 Å². The lowest BCUT2D eigenvalue weighted by Crippen LogP contribution is -2.58. The molecule has 11 nitrogen and oxygen atoms in total. The van der Waals surface area contributed by atoms with Gasteiger partial charge >= 0.3 is 12.0 Å². The summed E-state index contributed by atoms with van der Waals surface area (Å²) >= 11 is 0.890. The van der Waals surface area contributed by atoms with Crippen molar-refractivity contribution >= 4 is 55.3 Å². The number of rotatable bonds is 5. The highest BCUT2D eigenvalue weighted by Crippen LogP contribution is 2.42. The zero-order chi connectivity index (χ0) is 31.1. The third kappa shape index (κ3) is 4.38. The maximum absolute atomic E-state index is 16.7. The molecule has 0 saturated carbocycles. The number of fused-ring (bicyclic) bond motifs is 3. The number of anilines is 2. The fourth-order valence-corrected chi connectivity index (χ4v) is 8.38. The number of hydrogen-bond donors (Lipinski definition) is 3. The summed E-state index contributed by atoms with van der Waals surface area (Å²) < 4.78 is 53.6. The van der Waals surface area contributed by atoms with Crippen molar-refractivity contribution in [3.8, 4) is 17.1 Å². The Morgan fingerprint density at radius 2 is 1.76 bits per heavy atom. The van der Waals surface area contributed by atoms with Crippen molar-refractivity contribution in [2.45, 2.75) is 49.6 Å². The molecule has 4 N–H and O–H groups in total. The van der Waals surface area contributed by atoms with E-state index in [-0.39, 0.29) is 55.7 Å². The summed E-state index contributed by atoms with van der Waals surface area (Å²) in [5.74, 6) is -2.79. The summed E-state index contributed by atoms with van der Waals surface area (Å²) in [5.41, 5.74) is 3.94. The number of carbonyl (C=O) groups is 2. The fraction of sp³-hybridized carbons (Fsp3) is 0.433. The minimum absolute atomic E-state index is 0.0348. The molecule has 4 aliphatic rings. The number of nitrogen functional groups attached to an aromatic ring is 1. The lowest BCUT2D eigenvalue weighted by atomic mass is 9.89. The summed E-state index contributed by atoms with van der Waals surface area (Å²) in [6, 6.07) is 2.86. The van der Waals surface area contributed by atoms with Gasteiger partial charge in [-0.1, -0.05) is 11.3 Å². The van der Waals surface area contributed by atoms with Crippen molar-refractivity contribution < 1.29 is 27.5 Å². The maximum atomic E-state index is 16.7. The first kappa shape index (κ1) is 28.2. The highest BCUT2D eigenvalue weighted by Gasteiger charge is 2.49. The van der Waals surface area contributed by atoms with E-state index in [4.69, 9.17) is 10.5 Å². The van der Waals surface area contributed by atoms with Crippen LogP contribution in [0.25, 0.3) is 32.2 Å². The number of thiazole rings is 1. The Labute approximate surface area is 258 Å². The number of aromatic nitrogens is 3. The van der Waals surface area contributed by atoms with E-state index in [2.05, 4.69) is 30.5 Å². The van der Waals surface area contributed by atoms with Gasteiger partial charge in [0.15, 0.2) is 10.9 Å². The number of benzene rings is 2. The molecule has 4 saturated heterocycles. The topological polar surface area (TPSA) is 139 Å². The number of halogens is 3. The van der Waals surface area contributed by atoms with E-state index in [0.717, 1.165) is 62.2 Å². The standard InChI is InChI=1S/C30H29F3N8O3S/c31-17-5-4-15(22-23(17)45-26(34)35-22)19-18(32)12-16-21(20(19)33)36-28(44-14-29-6-1-10-41(29)11-2-7-29)37-24(16)40-9-3-8-30(13-40)25(42)38-27(43)39-30/h4-5,12H,1-3,6-11,13-14H2,(H2,34,35)(H2,38,39,42,43). The first-order valence-electron chi connectivity index (χ1n) is 15.0. The number of nitrogens with two attached hydrogens (primary N) is 1. The second-order valence-corrected chi connectivity index (χ2v) is 13.4. The molecule has 6 heterocycles. The number of imide groups is 1. The van der Waals surface area contributed by atoms with E-state index < -0.39 is 40.5 Å². The molecule has 45 heavy (non-hydrogen) atoms. The van der Waals surface area contributed by atoms with Crippen LogP contribution >= 0.6 is 11.3 Å². The smallest absolute Gasteiger partial charge is 0.322 e. The van der Waals surface area contributed by atoms with Crippen molar-refractivity contribution in [1.29, 1.82) is 0 Å². The first-order valence-corrected chi connectivity index (χ1v) is 15.8. The van der Waals surface area contributed by atoms with E-state index in [1.54, 1.807) is 4.90 Å². The van der Waals surface area contributed by atoms with Crippen LogP contribution in [0, 0.1) is 17.5 Å². The van der Waals surface area contributed by atoms with Gasteiger partial charge in [0.25, 0.3) is 5.91 Å². The second kappa shape index (κ2) is 10.1. The predicted molar refractivity (Wildman–Crippen MR) is 162 cm³/mol. The lowest BCUT2D eigenvalue weighted by Gasteiger charge is -2.39. The summed E-state index contributed by atoms with van der Waals surface area (Å²) in [7, 11) is 0. The molecule has 3 amide bonds. The van der Waals surface area contributed by atoms with Gasteiger partial charge in [0.05, 0.1) is 27.9 Å². The molecule has 0 aliphatic carbocycles. The average molecular weight is 639 g/mol. The number of nitrogens with zero attached hydrogens (tertiary/aromatic N) is 5. The van der Waals surface area contributed by atoms with Crippen LogP contribution in [0.2, 0.25) is 0 Å². The molecule has 4 aliphatic heterocycles. The monoisotopic (exact) mass is 638 g/mol. The van der Waals surface area contributed by atoms with Crippen LogP contribution in [-0.4, -0.2) is 75.7 Å². The average Bonchev–Trinajstić information content (AvgIpc) is 3.76. The highest BCUT2D eigenvalue weighted by molar-refractivity contribution is 7.22. The summed E-state index contributed by atoms with van der Waals surface area (Å²) in [6.45, 7) is 2.74. The summed E-state index contributed by atoms with van der Waals surface area (Å²) in [4.78, 5) is 42.3. The minimum Gasteiger partial charge on any atom is -0.461 e. The van der Waals surface area contributed by atoms with Crippen LogP contribution in [0.5, 0.6) is 6.01 Å². The van der Waals surface area contributed by atoms with E-state index in [9.17, 15) is 14.0 Å². The molecule has 0 radical (unpaired) electrons. The normalized spacial score (nSPS) is 22.9. The van der Waals surface area contributed by atoms with Crippen LogP contribution in [0.4, 0.5) is 28.9 Å². The Kier molecular flexibility index (Phi) is 6.36. The number of urea groups is 1. The van der Waals surface area contributed by atoms with Gasteiger partial charge in [-0.2, -0.15) is 9.97 Å². The van der Waals surface area contributed by atoms with Gasteiger partial charge in [0, 0.05) is 17.5 Å². The highest BCUT2D eigenvalue weighted by atomic mass is 32.1. The van der Waals surface area contributed by atoms with E-state index in [1.165, 1.54) is 6.07 Å². The van der Waals surface area contributed by atoms with Crippen molar-refractivity contribution in [1.82, 2.24) is 30.5 Å². The fourth-order valence-electron chi connectivity index (χ4n) is 7.62. The zero-order valence-electron chi connectivity index (χ0n) is 24.1. The molecule has 2 aromatic heterocycles. The van der Waals surface area contributed by atoms with Gasteiger partial charge < -0.3 is 20.7 Å². The van der Waals surface area contributed by atoms with Crippen LogP contribution in [0.1, 0.15) is 38.5 Å². The SMILES string of the molecule is Nc1nc2c(-c3c(F)cc4c(N5CCCC6(C5)NC(=O)NC6=O)nc(OCC56CCCN5CCC6)nc4c3F)ccc(F)c2s1. The molecule has 234 valence electrons. The minimum atomic E-state index is -1.21. The zero-order valence-corrected chi connectivity index (χ0v) is 24.9. The number of piperidine rings is 1. The lowest BCUT2D eigenvalue weighted by molar-refractivity contribution is -0.124. The Morgan fingerprint density at radius 1 is 0.978 bits per heavy atom. The molecule has 1 atom stereocenters. The molecule has 8 rings (SSSR count). The summed E-state index contributed by atoms with van der Waals surface area (Å²) in [5, 5.41) is 5.16. The van der Waals surface area contributed by atoms with Gasteiger partial charge in [-0.05, 0) is 69.8 Å². The van der Waals surface area contributed by atoms with Gasteiger partial charge in [0.1, 0.15) is 35.1 Å². The molecule has 15 heteroatoms. The first-order chi connectivity index (χ1) is 21.7. The Balaban J connectivity index is 1.27. The third-order valence-electron chi connectivity index (χ3n) is 9.71.